The summed E-state index contributed by atoms with van der Waals surface area (Å²) in [5, 5.41) is 141. The molecule has 0 amide bonds. The highest BCUT2D eigenvalue weighted by Crippen LogP contribution is 2.38. The number of carbonyl (C=O) groups is 2. The standard InChI is InChI=1S/C36H59N3O25/c1-10-16(43)18(45)13(7-40)57-33(10)61-26-21(48)23(50)36(64-29(26)31(53)54)60-25-15(9-42)58-34(11(2)17(25)44)62-27-20(47)22(49)35(63-28(27)30(51)52)59-24-12(3)32(55-6-4-5-38-39-37)56-14(8-41)19(24)46/h10-29,32-36,40-50H,4-9H2,1-3H3,(H,51,52)(H,53,54)/t10?,11?,12?,13?,14?,15?,16-,17-,18-,19-,20-,21-,22?,23?,24-,25-,26+,27+,28?,29?,32-,33+,34+,35-,36-/m1/s1. The summed E-state index contributed by atoms with van der Waals surface area (Å²) in [5.41, 5.74) is 8.48. The lowest BCUT2D eigenvalue weighted by Crippen LogP contribution is -2.67. The lowest BCUT2D eigenvalue weighted by molar-refractivity contribution is -0.381. The van der Waals surface area contributed by atoms with Crippen molar-refractivity contribution in [1.29, 1.82) is 0 Å². The molecule has 25 atom stereocenters. The van der Waals surface area contributed by atoms with Gasteiger partial charge in [0.15, 0.2) is 43.7 Å². The van der Waals surface area contributed by atoms with Crippen LogP contribution in [-0.2, 0) is 57.0 Å². The van der Waals surface area contributed by atoms with Crippen molar-refractivity contribution < 1.29 is 123 Å². The molecule has 5 heterocycles. The van der Waals surface area contributed by atoms with Crippen LogP contribution in [0.3, 0.4) is 0 Å². The number of rotatable bonds is 18. The summed E-state index contributed by atoms with van der Waals surface area (Å²) in [7, 11) is 0. The first-order chi connectivity index (χ1) is 30.3. The van der Waals surface area contributed by atoms with Gasteiger partial charge in [0.25, 0.3) is 0 Å². The Hall–Kier alpha value is -2.59. The Morgan fingerprint density at radius 3 is 1.44 bits per heavy atom. The molecule has 28 nitrogen and oxygen atoms in total. The van der Waals surface area contributed by atoms with E-state index in [-0.39, 0.29) is 19.6 Å². The third-order valence-electron chi connectivity index (χ3n) is 12.0. The molecule has 10 unspecified atom stereocenters. The normalized spacial score (nSPS) is 47.7. The van der Waals surface area contributed by atoms with E-state index < -0.39 is 185 Å². The third-order valence-corrected chi connectivity index (χ3v) is 12.0. The van der Waals surface area contributed by atoms with E-state index in [2.05, 4.69) is 10.0 Å². The van der Waals surface area contributed by atoms with E-state index in [9.17, 15) is 76.0 Å². The molecule has 0 radical (unpaired) electrons. The Balaban J connectivity index is 1.25. The lowest BCUT2D eigenvalue weighted by Gasteiger charge is -2.49. The van der Waals surface area contributed by atoms with Crippen molar-refractivity contribution in [1.82, 2.24) is 0 Å². The second kappa shape index (κ2) is 22.9. The number of nitrogens with zero attached hydrogens (tertiary/aromatic N) is 3. The van der Waals surface area contributed by atoms with Crippen LogP contribution in [0, 0.1) is 17.8 Å². The minimum Gasteiger partial charge on any atom is -0.479 e. The van der Waals surface area contributed by atoms with Crippen LogP contribution >= 0.6 is 0 Å². The van der Waals surface area contributed by atoms with E-state index in [1.54, 1.807) is 0 Å². The molecule has 0 spiro atoms. The first kappa shape index (κ1) is 52.4. The zero-order chi connectivity index (χ0) is 47.3. The topological polar surface area (TPSA) is 438 Å². The van der Waals surface area contributed by atoms with E-state index in [1.165, 1.54) is 20.8 Å². The fourth-order valence-electron chi connectivity index (χ4n) is 8.10. The van der Waals surface area contributed by atoms with Crippen LogP contribution in [0.15, 0.2) is 5.11 Å². The van der Waals surface area contributed by atoms with Crippen LogP contribution in [0.25, 0.3) is 10.4 Å². The largest absolute Gasteiger partial charge is 0.479 e. The molecule has 0 bridgehead atoms. The molecule has 13 N–H and O–H groups in total. The lowest BCUT2D eigenvalue weighted by atomic mass is 9.90. The first-order valence-electron chi connectivity index (χ1n) is 20.6. The number of ether oxygens (including phenoxy) is 10. The van der Waals surface area contributed by atoms with Crippen molar-refractivity contribution in [2.45, 2.75) is 162 Å². The van der Waals surface area contributed by atoms with Gasteiger partial charge in [-0.05, 0) is 12.0 Å². The number of hydrogen-bond acceptors (Lipinski definition) is 24. The quantitative estimate of drug-likeness (QED) is 0.0263. The number of carboxylic acids is 2. The van der Waals surface area contributed by atoms with Gasteiger partial charge < -0.3 is 114 Å². The molecule has 5 fully saturated rings. The van der Waals surface area contributed by atoms with E-state index in [0.717, 1.165) is 0 Å². The fourth-order valence-corrected chi connectivity index (χ4v) is 8.10. The Morgan fingerprint density at radius 2 is 0.953 bits per heavy atom. The Labute approximate surface area is 363 Å². The summed E-state index contributed by atoms with van der Waals surface area (Å²) in [6.07, 6.45) is -38.2. The molecule has 368 valence electrons. The molecule has 0 aromatic carbocycles. The molecular weight excluding hydrogens is 874 g/mol. The highest BCUT2D eigenvalue weighted by atomic mass is 16.8. The van der Waals surface area contributed by atoms with Crippen molar-refractivity contribution in [3.8, 4) is 0 Å². The fraction of sp³-hybridized carbons (Fsp3) is 0.944. The second-order valence-corrected chi connectivity index (χ2v) is 16.3. The van der Waals surface area contributed by atoms with Gasteiger partial charge in [0.05, 0.1) is 38.1 Å². The zero-order valence-corrected chi connectivity index (χ0v) is 34.7. The average Bonchev–Trinajstić information content (AvgIpc) is 3.26. The third kappa shape index (κ3) is 11.2. The predicted molar refractivity (Wildman–Crippen MR) is 199 cm³/mol. The number of hydrogen-bond donors (Lipinski definition) is 13. The predicted octanol–water partition coefficient (Wildman–Crippen LogP) is -6.19. The molecule has 28 heteroatoms. The smallest absolute Gasteiger partial charge is 0.335 e. The maximum atomic E-state index is 12.5. The molecule has 5 aliphatic rings. The summed E-state index contributed by atoms with van der Waals surface area (Å²) in [4.78, 5) is 27.6. The van der Waals surface area contributed by atoms with Crippen LogP contribution in [0.2, 0.25) is 0 Å². The number of aliphatic hydroxyl groups excluding tert-OH is 11. The number of azide groups is 1. The second-order valence-electron chi connectivity index (χ2n) is 16.3. The summed E-state index contributed by atoms with van der Waals surface area (Å²) >= 11 is 0. The highest BCUT2D eigenvalue weighted by molar-refractivity contribution is 5.74. The first-order valence-corrected chi connectivity index (χ1v) is 20.6. The average molecular weight is 934 g/mol. The summed E-state index contributed by atoms with van der Waals surface area (Å²) in [6.45, 7) is 1.90. The number of carboxylic acid groups (broad SMARTS) is 2. The SMILES string of the molecule is CC1[C@H](O[C@@H]2C(C(=O)O)O[C@@H](O[C@@H]3C(CO)O[C@@H](O[C@@H]4C(C(=O)O)O[C@@H](O[C@@H]5C(C)[C@H](OCCCN=[N+]=[N-])OC(CO)[C@H]5O)C(O)[C@H]4O)C(C)[C@H]3O)C(O)[C@H]2O)OC(CO)[C@@H](O)[C@@H]1O. The zero-order valence-electron chi connectivity index (χ0n) is 34.7. The van der Waals surface area contributed by atoms with Gasteiger partial charge in [0.2, 0.25) is 0 Å². The van der Waals surface area contributed by atoms with Crippen molar-refractivity contribution in [3.05, 3.63) is 10.4 Å². The molecule has 64 heavy (non-hydrogen) atoms. The van der Waals surface area contributed by atoms with Gasteiger partial charge >= 0.3 is 11.9 Å². The highest BCUT2D eigenvalue weighted by Gasteiger charge is 2.57. The Bertz CT molecular complexity index is 1560. The van der Waals surface area contributed by atoms with Crippen LogP contribution < -0.4 is 0 Å². The van der Waals surface area contributed by atoms with E-state index in [4.69, 9.17) is 52.9 Å². The van der Waals surface area contributed by atoms with E-state index in [0.29, 0.717) is 0 Å². The number of aliphatic carboxylic acids is 2. The molecule has 5 aliphatic heterocycles. The molecule has 0 aromatic rings. The van der Waals surface area contributed by atoms with Crippen LogP contribution in [0.5, 0.6) is 0 Å². The molecule has 5 saturated heterocycles. The van der Waals surface area contributed by atoms with Gasteiger partial charge in [-0.2, -0.15) is 0 Å². The molecule has 0 saturated carbocycles. The van der Waals surface area contributed by atoms with Crippen LogP contribution in [-0.4, -0.2) is 247 Å². The summed E-state index contributed by atoms with van der Waals surface area (Å²) in [6, 6.07) is 0. The van der Waals surface area contributed by atoms with Crippen molar-refractivity contribution in [3.63, 3.8) is 0 Å². The molecule has 0 aliphatic carbocycles. The summed E-state index contributed by atoms with van der Waals surface area (Å²) < 4.78 is 56.7. The molecule has 5 rings (SSSR count). The van der Waals surface area contributed by atoms with Crippen molar-refractivity contribution in [2.24, 2.45) is 22.9 Å². The number of aliphatic hydroxyl groups is 11. The maximum Gasteiger partial charge on any atom is 0.335 e. The van der Waals surface area contributed by atoms with Gasteiger partial charge in [0.1, 0.15) is 73.2 Å². The Kier molecular flexibility index (Phi) is 18.8. The van der Waals surface area contributed by atoms with Gasteiger partial charge in [-0.15, -0.1) is 0 Å². The van der Waals surface area contributed by atoms with Crippen LogP contribution in [0.1, 0.15) is 27.2 Å². The van der Waals surface area contributed by atoms with Gasteiger partial charge in [-0.25, -0.2) is 9.59 Å². The van der Waals surface area contributed by atoms with Gasteiger partial charge in [-0.1, -0.05) is 25.9 Å². The molecular formula is C36H59N3O25. The van der Waals surface area contributed by atoms with Crippen LogP contribution in [0.4, 0.5) is 0 Å². The summed E-state index contributed by atoms with van der Waals surface area (Å²) in [5.74, 6) is -6.62. The Morgan fingerprint density at radius 1 is 0.516 bits per heavy atom. The minimum absolute atomic E-state index is 0.0291. The minimum atomic E-state index is -2.12. The molecule has 0 aromatic heterocycles. The van der Waals surface area contributed by atoms with E-state index in [1.807, 2.05) is 0 Å². The van der Waals surface area contributed by atoms with E-state index >= 15 is 0 Å². The van der Waals surface area contributed by atoms with Gasteiger partial charge in [0, 0.05) is 35.8 Å². The van der Waals surface area contributed by atoms with Gasteiger partial charge in [-0.3, -0.25) is 0 Å². The van der Waals surface area contributed by atoms with Crippen molar-refractivity contribution >= 4 is 11.9 Å². The monoisotopic (exact) mass is 933 g/mol. The maximum absolute atomic E-state index is 12.5. The van der Waals surface area contributed by atoms with Crippen molar-refractivity contribution in [2.75, 3.05) is 33.0 Å².